The Bertz CT molecular complexity index is 919. The van der Waals surface area contributed by atoms with Crippen LogP contribution < -0.4 is 0 Å². The number of nitrogens with zero attached hydrogens (tertiary/aromatic N) is 1. The van der Waals surface area contributed by atoms with E-state index in [0.717, 1.165) is 22.2 Å². The van der Waals surface area contributed by atoms with E-state index in [2.05, 4.69) is 33.0 Å². The van der Waals surface area contributed by atoms with Crippen LogP contribution in [-0.2, 0) is 6.54 Å². The molecule has 0 bridgehead atoms. The average Bonchev–Trinajstić information content (AvgIpc) is 2.68. The van der Waals surface area contributed by atoms with Crippen LogP contribution >= 0.6 is 15.9 Å². The summed E-state index contributed by atoms with van der Waals surface area (Å²) < 4.78 is 1.00. The molecule has 136 valence electrons. The molecule has 3 rings (SSSR count). The fourth-order valence-electron chi connectivity index (χ4n) is 3.00. The monoisotopic (exact) mass is 419 g/mol. The predicted octanol–water partition coefficient (Wildman–Crippen LogP) is 5.85. The molecule has 0 aliphatic rings. The molecule has 0 saturated carbocycles. The first-order chi connectivity index (χ1) is 13.1. The normalized spacial score (nSPS) is 11.6. The number of rotatable bonds is 7. The molecule has 0 amide bonds. The summed E-state index contributed by atoms with van der Waals surface area (Å²) >= 11 is 3.50. The third kappa shape index (κ3) is 5.75. The van der Waals surface area contributed by atoms with Crippen LogP contribution in [0.3, 0.4) is 0 Å². The van der Waals surface area contributed by atoms with Crippen molar-refractivity contribution in [2.45, 2.75) is 6.54 Å². The van der Waals surface area contributed by atoms with Gasteiger partial charge in [-0.25, -0.2) is 0 Å². The van der Waals surface area contributed by atoms with Crippen molar-refractivity contribution < 1.29 is 4.79 Å². The van der Waals surface area contributed by atoms with E-state index in [1.807, 2.05) is 85.9 Å². The summed E-state index contributed by atoms with van der Waals surface area (Å²) in [7, 11) is 2.04. The van der Waals surface area contributed by atoms with E-state index in [1.165, 1.54) is 5.56 Å². The van der Waals surface area contributed by atoms with Crippen LogP contribution in [-0.4, -0.2) is 24.3 Å². The first kappa shape index (κ1) is 19.3. The Morgan fingerprint density at radius 2 is 1.59 bits per heavy atom. The van der Waals surface area contributed by atoms with Crippen LogP contribution in [0, 0.1) is 0 Å². The highest BCUT2D eigenvalue weighted by Crippen LogP contribution is 2.18. The number of benzene rings is 3. The zero-order valence-electron chi connectivity index (χ0n) is 15.3. The summed E-state index contributed by atoms with van der Waals surface area (Å²) in [6, 6.07) is 27.8. The zero-order chi connectivity index (χ0) is 19.1. The van der Waals surface area contributed by atoms with Gasteiger partial charge in [-0.2, -0.15) is 0 Å². The molecule has 3 aromatic rings. The predicted molar refractivity (Wildman–Crippen MR) is 116 cm³/mol. The van der Waals surface area contributed by atoms with Crippen LogP contribution in [0.5, 0.6) is 0 Å². The fourth-order valence-corrected chi connectivity index (χ4v) is 3.41. The van der Waals surface area contributed by atoms with Gasteiger partial charge in [0.25, 0.3) is 0 Å². The van der Waals surface area contributed by atoms with E-state index in [0.29, 0.717) is 12.1 Å². The highest BCUT2D eigenvalue weighted by molar-refractivity contribution is 9.10. The maximum atomic E-state index is 13.1. The summed E-state index contributed by atoms with van der Waals surface area (Å²) in [4.78, 5) is 15.3. The number of halogens is 1. The Hall–Kier alpha value is -2.49. The molecule has 27 heavy (non-hydrogen) atoms. The molecule has 0 spiro atoms. The van der Waals surface area contributed by atoms with Crippen LogP contribution in [0.25, 0.3) is 6.08 Å². The number of hydrogen-bond acceptors (Lipinski definition) is 2. The molecule has 0 aliphatic carbocycles. The van der Waals surface area contributed by atoms with Crippen LogP contribution in [0.2, 0.25) is 0 Å². The van der Waals surface area contributed by atoms with Gasteiger partial charge < -0.3 is 0 Å². The van der Waals surface area contributed by atoms with E-state index in [-0.39, 0.29) is 5.78 Å². The molecule has 2 nitrogen and oxygen atoms in total. The van der Waals surface area contributed by atoms with E-state index in [4.69, 9.17) is 0 Å². The fraction of sp³-hybridized carbons (Fsp3) is 0.125. The number of hydrogen-bond donors (Lipinski definition) is 0. The van der Waals surface area contributed by atoms with Crippen molar-refractivity contribution in [1.29, 1.82) is 0 Å². The lowest BCUT2D eigenvalue weighted by Gasteiger charge is -2.19. The minimum absolute atomic E-state index is 0.0653. The van der Waals surface area contributed by atoms with Gasteiger partial charge in [0.15, 0.2) is 5.78 Å². The SMILES string of the molecule is CN(C/C(=C\c1cccc(Br)c1)C(=O)c1ccccc1)Cc1ccccc1. The topological polar surface area (TPSA) is 20.3 Å². The number of carbonyl (C=O) groups excluding carboxylic acids is 1. The summed E-state index contributed by atoms with van der Waals surface area (Å²) in [5.41, 5.74) is 3.73. The minimum atomic E-state index is 0.0653. The zero-order valence-corrected chi connectivity index (χ0v) is 16.9. The van der Waals surface area contributed by atoms with E-state index in [1.54, 1.807) is 0 Å². The Kier molecular flexibility index (Phi) is 6.74. The largest absolute Gasteiger partial charge is 0.298 e. The second kappa shape index (κ2) is 9.45. The second-order valence-electron chi connectivity index (χ2n) is 6.58. The van der Waals surface area contributed by atoms with E-state index < -0.39 is 0 Å². The summed E-state index contributed by atoms with van der Waals surface area (Å²) in [5, 5.41) is 0. The van der Waals surface area contributed by atoms with Crippen molar-refractivity contribution in [3.05, 3.63) is 112 Å². The molecular formula is C24H22BrNO. The van der Waals surface area contributed by atoms with E-state index >= 15 is 0 Å². The molecule has 0 aromatic heterocycles. The Labute approximate surface area is 169 Å². The van der Waals surface area contributed by atoms with Gasteiger partial charge in [-0.3, -0.25) is 9.69 Å². The van der Waals surface area contributed by atoms with Gasteiger partial charge in [-0.1, -0.05) is 88.7 Å². The van der Waals surface area contributed by atoms with Crippen molar-refractivity contribution in [2.24, 2.45) is 0 Å². The molecule has 3 heteroatoms. The summed E-state index contributed by atoms with van der Waals surface area (Å²) in [6.07, 6.45) is 1.99. The maximum Gasteiger partial charge on any atom is 0.190 e. The van der Waals surface area contributed by atoms with Crippen molar-refractivity contribution >= 4 is 27.8 Å². The van der Waals surface area contributed by atoms with Crippen molar-refractivity contribution in [3.8, 4) is 0 Å². The molecule has 0 aliphatic heterocycles. The third-order valence-corrected chi connectivity index (χ3v) is 4.75. The lowest BCUT2D eigenvalue weighted by molar-refractivity contribution is 0.102. The molecule has 0 N–H and O–H groups in total. The van der Waals surface area contributed by atoms with Gasteiger partial charge in [-0.05, 0) is 36.4 Å². The number of ketones is 1. The molecule has 0 saturated heterocycles. The Balaban J connectivity index is 1.86. The standard InChI is InChI=1S/C24H22BrNO/c1-26(17-19-9-4-2-5-10-19)18-22(15-20-11-8-14-23(25)16-20)24(27)21-12-6-3-7-13-21/h2-16H,17-18H2,1H3/b22-15+. The lowest BCUT2D eigenvalue weighted by atomic mass is 10.0. The summed E-state index contributed by atoms with van der Waals surface area (Å²) in [6.45, 7) is 1.37. The van der Waals surface area contributed by atoms with Crippen LogP contribution in [0.4, 0.5) is 0 Å². The minimum Gasteiger partial charge on any atom is -0.298 e. The first-order valence-corrected chi connectivity index (χ1v) is 9.69. The third-order valence-electron chi connectivity index (χ3n) is 4.25. The Morgan fingerprint density at radius 3 is 2.26 bits per heavy atom. The average molecular weight is 420 g/mol. The van der Waals surface area contributed by atoms with E-state index in [9.17, 15) is 4.79 Å². The molecule has 3 aromatic carbocycles. The number of Topliss-reactive ketones (excluding diaryl/α,β-unsaturated/α-hetero) is 1. The molecule has 0 unspecified atom stereocenters. The summed E-state index contributed by atoms with van der Waals surface area (Å²) in [5.74, 6) is 0.0653. The second-order valence-corrected chi connectivity index (χ2v) is 7.49. The number of likely N-dealkylation sites (N-methyl/N-ethyl adjacent to an activating group) is 1. The molecule has 0 fully saturated rings. The molecular weight excluding hydrogens is 398 g/mol. The molecule has 0 radical (unpaired) electrons. The highest BCUT2D eigenvalue weighted by Gasteiger charge is 2.14. The number of carbonyl (C=O) groups is 1. The molecule has 0 heterocycles. The van der Waals surface area contributed by atoms with Gasteiger partial charge in [0.05, 0.1) is 0 Å². The molecule has 0 atom stereocenters. The smallest absolute Gasteiger partial charge is 0.190 e. The van der Waals surface area contributed by atoms with Crippen molar-refractivity contribution in [2.75, 3.05) is 13.6 Å². The van der Waals surface area contributed by atoms with Crippen LogP contribution in [0.1, 0.15) is 21.5 Å². The van der Waals surface area contributed by atoms with Gasteiger partial charge in [-0.15, -0.1) is 0 Å². The van der Waals surface area contributed by atoms with Crippen LogP contribution in [0.15, 0.2) is 95.0 Å². The van der Waals surface area contributed by atoms with Crippen molar-refractivity contribution in [1.82, 2.24) is 4.90 Å². The highest BCUT2D eigenvalue weighted by atomic mass is 79.9. The first-order valence-electron chi connectivity index (χ1n) is 8.90. The lowest BCUT2D eigenvalue weighted by Crippen LogP contribution is -2.24. The van der Waals surface area contributed by atoms with Gasteiger partial charge in [0, 0.05) is 28.7 Å². The maximum absolute atomic E-state index is 13.1. The Morgan fingerprint density at radius 1 is 0.926 bits per heavy atom. The van der Waals surface area contributed by atoms with Gasteiger partial charge >= 0.3 is 0 Å². The van der Waals surface area contributed by atoms with Gasteiger partial charge in [0.2, 0.25) is 0 Å². The van der Waals surface area contributed by atoms with Crippen molar-refractivity contribution in [3.63, 3.8) is 0 Å². The van der Waals surface area contributed by atoms with Gasteiger partial charge in [0.1, 0.15) is 0 Å². The quantitative estimate of drug-likeness (QED) is 0.353.